The number of nitro benzene ring substituents is 1. The third-order valence-electron chi connectivity index (χ3n) is 3.25. The lowest BCUT2D eigenvalue weighted by atomic mass is 9.95. The molecule has 1 amide bonds. The quantitative estimate of drug-likeness (QED) is 0.587. The van der Waals surface area contributed by atoms with Crippen LogP contribution < -0.4 is 10.1 Å². The minimum absolute atomic E-state index is 0.00363. The molecule has 8 nitrogen and oxygen atoms in total. The lowest BCUT2D eigenvalue weighted by Crippen LogP contribution is -2.52. The van der Waals surface area contributed by atoms with E-state index in [1.807, 2.05) is 0 Å². The van der Waals surface area contributed by atoms with E-state index < -0.39 is 22.3 Å². The molecule has 1 atom stereocenters. The summed E-state index contributed by atoms with van der Waals surface area (Å²) < 4.78 is 4.85. The molecule has 2 N–H and O–H groups in total. The molecule has 0 aliphatic rings. The molecule has 0 saturated heterocycles. The summed E-state index contributed by atoms with van der Waals surface area (Å²) >= 11 is 0. The fraction of sp³-hybridized carbons (Fsp3) is 0.429. The van der Waals surface area contributed by atoms with Gasteiger partial charge in [-0.1, -0.05) is 13.3 Å². The molecule has 0 spiro atoms. The summed E-state index contributed by atoms with van der Waals surface area (Å²) in [4.78, 5) is 33.8. The van der Waals surface area contributed by atoms with Gasteiger partial charge in [-0.2, -0.15) is 0 Å². The summed E-state index contributed by atoms with van der Waals surface area (Å²) in [6, 6.07) is 3.70. The third kappa shape index (κ3) is 3.72. The molecule has 0 bridgehead atoms. The molecule has 1 aromatic rings. The van der Waals surface area contributed by atoms with E-state index in [0.717, 1.165) is 6.07 Å². The monoisotopic (exact) mass is 310 g/mol. The van der Waals surface area contributed by atoms with Crippen LogP contribution in [0.2, 0.25) is 0 Å². The van der Waals surface area contributed by atoms with Crippen LogP contribution in [0.25, 0.3) is 0 Å². The molecule has 8 heteroatoms. The van der Waals surface area contributed by atoms with Crippen molar-refractivity contribution in [1.82, 2.24) is 5.32 Å². The van der Waals surface area contributed by atoms with Crippen molar-refractivity contribution in [1.29, 1.82) is 0 Å². The Morgan fingerprint density at radius 3 is 2.55 bits per heavy atom. The molecular formula is C14H18N2O6. The number of methoxy groups -OCH3 is 1. The zero-order chi connectivity index (χ0) is 16.9. The fourth-order valence-electron chi connectivity index (χ4n) is 2.02. The van der Waals surface area contributed by atoms with E-state index in [2.05, 4.69) is 5.32 Å². The number of carboxylic acid groups (broad SMARTS) is 1. The van der Waals surface area contributed by atoms with Crippen molar-refractivity contribution in [2.45, 2.75) is 32.2 Å². The van der Waals surface area contributed by atoms with Crippen LogP contribution in [0, 0.1) is 10.1 Å². The van der Waals surface area contributed by atoms with Gasteiger partial charge < -0.3 is 15.2 Å². The van der Waals surface area contributed by atoms with Crippen molar-refractivity contribution in [3.8, 4) is 5.75 Å². The molecule has 120 valence electrons. The van der Waals surface area contributed by atoms with Gasteiger partial charge in [0.25, 0.3) is 5.91 Å². The molecule has 0 fully saturated rings. The van der Waals surface area contributed by atoms with Gasteiger partial charge in [0.1, 0.15) is 5.54 Å². The maximum atomic E-state index is 12.2. The van der Waals surface area contributed by atoms with Crippen molar-refractivity contribution in [2.75, 3.05) is 7.11 Å². The Bertz CT molecular complexity index is 601. The SMILES string of the molecule is CCCC(C)(NC(=O)c1ccc(OC)c([N+](=O)[O-])c1)C(=O)O. The molecule has 0 radical (unpaired) electrons. The highest BCUT2D eigenvalue weighted by molar-refractivity contribution is 5.98. The number of aliphatic carboxylic acids is 1. The molecule has 0 aliphatic heterocycles. The maximum absolute atomic E-state index is 12.2. The summed E-state index contributed by atoms with van der Waals surface area (Å²) in [7, 11) is 1.28. The predicted molar refractivity (Wildman–Crippen MR) is 78.1 cm³/mol. The van der Waals surface area contributed by atoms with Gasteiger partial charge in [-0.25, -0.2) is 4.79 Å². The summed E-state index contributed by atoms with van der Waals surface area (Å²) in [5.74, 6) is -1.83. The topological polar surface area (TPSA) is 119 Å². The van der Waals surface area contributed by atoms with Gasteiger partial charge in [0, 0.05) is 11.6 Å². The summed E-state index contributed by atoms with van der Waals surface area (Å²) in [5.41, 5.74) is -1.79. The number of nitro groups is 1. The molecule has 22 heavy (non-hydrogen) atoms. The van der Waals surface area contributed by atoms with Crippen LogP contribution in [0.3, 0.4) is 0 Å². The first-order valence-electron chi connectivity index (χ1n) is 6.63. The van der Waals surface area contributed by atoms with Crippen LogP contribution >= 0.6 is 0 Å². The molecule has 1 rings (SSSR count). The van der Waals surface area contributed by atoms with Crippen LogP contribution in [0.15, 0.2) is 18.2 Å². The highest BCUT2D eigenvalue weighted by Crippen LogP contribution is 2.27. The largest absolute Gasteiger partial charge is 0.490 e. The predicted octanol–water partition coefficient (Wildman–Crippen LogP) is 1.98. The van der Waals surface area contributed by atoms with Crippen LogP contribution in [0.5, 0.6) is 5.75 Å². The minimum atomic E-state index is -1.43. The number of amides is 1. The van der Waals surface area contributed by atoms with E-state index in [1.54, 1.807) is 6.92 Å². The molecule has 0 heterocycles. The van der Waals surface area contributed by atoms with Gasteiger partial charge in [-0.05, 0) is 25.5 Å². The molecule has 0 saturated carbocycles. The van der Waals surface area contributed by atoms with Crippen molar-refractivity contribution in [3.05, 3.63) is 33.9 Å². The summed E-state index contributed by atoms with van der Waals surface area (Å²) in [6.07, 6.45) is 0.804. The van der Waals surface area contributed by atoms with Crippen LogP contribution in [-0.4, -0.2) is 34.6 Å². The normalized spacial score (nSPS) is 13.0. The highest BCUT2D eigenvalue weighted by atomic mass is 16.6. The van der Waals surface area contributed by atoms with Gasteiger partial charge in [0.05, 0.1) is 12.0 Å². The Labute approximate surface area is 127 Å². The maximum Gasteiger partial charge on any atom is 0.329 e. The number of carbonyl (C=O) groups excluding carboxylic acids is 1. The second-order valence-electron chi connectivity index (χ2n) is 4.99. The summed E-state index contributed by atoms with van der Waals surface area (Å²) in [5, 5.41) is 22.6. The first kappa shape index (κ1) is 17.4. The van der Waals surface area contributed by atoms with Crippen molar-refractivity contribution >= 4 is 17.6 Å². The number of carboxylic acids is 1. The van der Waals surface area contributed by atoms with E-state index in [4.69, 9.17) is 4.74 Å². The van der Waals surface area contributed by atoms with Gasteiger partial charge >= 0.3 is 11.7 Å². The number of benzene rings is 1. The zero-order valence-electron chi connectivity index (χ0n) is 12.6. The average molecular weight is 310 g/mol. The number of ether oxygens (including phenoxy) is 1. The lowest BCUT2D eigenvalue weighted by Gasteiger charge is -2.25. The molecule has 1 unspecified atom stereocenters. The number of carbonyl (C=O) groups is 2. The van der Waals surface area contributed by atoms with Gasteiger partial charge in [-0.3, -0.25) is 14.9 Å². The lowest BCUT2D eigenvalue weighted by molar-refractivity contribution is -0.385. The van der Waals surface area contributed by atoms with Crippen molar-refractivity contribution in [2.24, 2.45) is 0 Å². The number of nitrogens with zero attached hydrogens (tertiary/aromatic N) is 1. The second kappa shape index (κ2) is 6.88. The van der Waals surface area contributed by atoms with E-state index in [-0.39, 0.29) is 23.4 Å². The van der Waals surface area contributed by atoms with E-state index in [0.29, 0.717) is 6.42 Å². The Balaban J connectivity index is 3.10. The standard InChI is InChI=1S/C14H18N2O6/c1-4-7-14(2,13(18)19)15-12(17)9-5-6-11(22-3)10(8-9)16(20)21/h5-6,8H,4,7H2,1-3H3,(H,15,17)(H,18,19). The Hall–Kier alpha value is -2.64. The second-order valence-corrected chi connectivity index (χ2v) is 4.99. The van der Waals surface area contributed by atoms with Crippen molar-refractivity contribution in [3.63, 3.8) is 0 Å². The van der Waals surface area contributed by atoms with Crippen molar-refractivity contribution < 1.29 is 24.4 Å². The first-order valence-corrected chi connectivity index (χ1v) is 6.63. The first-order chi connectivity index (χ1) is 10.2. The van der Waals surface area contributed by atoms with Crippen LogP contribution in [0.1, 0.15) is 37.0 Å². The average Bonchev–Trinajstić information content (AvgIpc) is 2.46. The minimum Gasteiger partial charge on any atom is -0.490 e. The van der Waals surface area contributed by atoms with Gasteiger partial charge in [0.15, 0.2) is 5.75 Å². The van der Waals surface area contributed by atoms with Crippen LogP contribution in [0.4, 0.5) is 5.69 Å². The number of rotatable bonds is 7. The van der Waals surface area contributed by atoms with Gasteiger partial charge in [0.2, 0.25) is 0 Å². The third-order valence-corrected chi connectivity index (χ3v) is 3.25. The number of nitrogens with one attached hydrogen (secondary N) is 1. The Morgan fingerprint density at radius 1 is 1.45 bits per heavy atom. The summed E-state index contributed by atoms with van der Waals surface area (Å²) in [6.45, 7) is 3.19. The Morgan fingerprint density at radius 2 is 2.09 bits per heavy atom. The molecule has 0 aromatic heterocycles. The number of hydrogen-bond acceptors (Lipinski definition) is 5. The molecule has 1 aromatic carbocycles. The van der Waals surface area contributed by atoms with Crippen LogP contribution in [-0.2, 0) is 4.79 Å². The number of hydrogen-bond donors (Lipinski definition) is 2. The van der Waals surface area contributed by atoms with Gasteiger partial charge in [-0.15, -0.1) is 0 Å². The molecule has 0 aliphatic carbocycles. The zero-order valence-corrected chi connectivity index (χ0v) is 12.6. The fourth-order valence-corrected chi connectivity index (χ4v) is 2.02. The Kier molecular flexibility index (Phi) is 5.44. The van der Waals surface area contributed by atoms with E-state index >= 15 is 0 Å². The highest BCUT2D eigenvalue weighted by Gasteiger charge is 2.34. The smallest absolute Gasteiger partial charge is 0.329 e. The molecular weight excluding hydrogens is 292 g/mol. The van der Waals surface area contributed by atoms with E-state index in [9.17, 15) is 24.8 Å². The van der Waals surface area contributed by atoms with E-state index in [1.165, 1.54) is 26.2 Å².